The fourth-order valence-corrected chi connectivity index (χ4v) is 2.05. The molecule has 0 aliphatic heterocycles. The van der Waals surface area contributed by atoms with Crippen LogP contribution in [-0.4, -0.2) is 4.57 Å². The van der Waals surface area contributed by atoms with E-state index in [9.17, 15) is 4.79 Å². The maximum Gasteiger partial charge on any atom is 0.251 e. The first kappa shape index (κ1) is 11.1. The predicted octanol–water partition coefficient (Wildman–Crippen LogP) is 2.74. The average molecular weight is 278 g/mol. The van der Waals surface area contributed by atoms with Gasteiger partial charge in [-0.15, -0.1) is 0 Å². The maximum atomic E-state index is 11.4. The highest BCUT2D eigenvalue weighted by molar-refractivity contribution is 9.10. The molecule has 0 bridgehead atoms. The van der Waals surface area contributed by atoms with E-state index in [4.69, 9.17) is 0 Å². The van der Waals surface area contributed by atoms with Gasteiger partial charge in [-0.3, -0.25) is 4.79 Å². The summed E-state index contributed by atoms with van der Waals surface area (Å²) in [6.07, 6.45) is 2.70. The molecule has 0 spiro atoms. The van der Waals surface area contributed by atoms with Crippen molar-refractivity contribution in [1.29, 1.82) is 0 Å². The third-order valence-corrected chi connectivity index (χ3v) is 3.23. The van der Waals surface area contributed by atoms with Gasteiger partial charge in [-0.1, -0.05) is 46.3 Å². The van der Waals surface area contributed by atoms with Crippen molar-refractivity contribution in [1.82, 2.24) is 4.57 Å². The standard InChI is InChI=1S/C13H12BrNO/c1-15-9-11(12(14)8-13(15)16)7-10-5-3-2-4-6-10/h2-6,8-9H,7H2,1H3. The van der Waals surface area contributed by atoms with Crippen LogP contribution in [0.1, 0.15) is 11.1 Å². The van der Waals surface area contributed by atoms with Crippen molar-refractivity contribution in [2.45, 2.75) is 6.42 Å². The Morgan fingerprint density at radius 2 is 1.94 bits per heavy atom. The van der Waals surface area contributed by atoms with Crippen LogP contribution < -0.4 is 5.56 Å². The second-order valence-electron chi connectivity index (χ2n) is 3.76. The number of aryl methyl sites for hydroxylation is 1. The minimum absolute atomic E-state index is 0.00341. The number of rotatable bonds is 2. The van der Waals surface area contributed by atoms with Gasteiger partial charge in [0.1, 0.15) is 0 Å². The van der Waals surface area contributed by atoms with Crippen LogP contribution in [0.3, 0.4) is 0 Å². The topological polar surface area (TPSA) is 22.0 Å². The fourth-order valence-electron chi connectivity index (χ4n) is 1.61. The molecule has 3 heteroatoms. The first-order chi connectivity index (χ1) is 7.66. The van der Waals surface area contributed by atoms with Gasteiger partial charge in [-0.05, 0) is 17.5 Å². The SMILES string of the molecule is Cn1cc(Cc2ccccc2)c(Br)cc1=O. The fraction of sp³-hybridized carbons (Fsp3) is 0.154. The summed E-state index contributed by atoms with van der Waals surface area (Å²) in [4.78, 5) is 11.4. The Bertz CT molecular complexity index is 546. The van der Waals surface area contributed by atoms with Crippen LogP contribution in [0.2, 0.25) is 0 Å². The van der Waals surface area contributed by atoms with E-state index in [0.717, 1.165) is 16.5 Å². The van der Waals surface area contributed by atoms with Gasteiger partial charge in [-0.25, -0.2) is 0 Å². The van der Waals surface area contributed by atoms with Crippen molar-refractivity contribution in [3.8, 4) is 0 Å². The van der Waals surface area contributed by atoms with Gasteiger partial charge in [0.05, 0.1) is 0 Å². The van der Waals surface area contributed by atoms with Crippen LogP contribution in [0.4, 0.5) is 0 Å². The largest absolute Gasteiger partial charge is 0.318 e. The van der Waals surface area contributed by atoms with Gasteiger partial charge in [0.25, 0.3) is 5.56 Å². The van der Waals surface area contributed by atoms with Crippen LogP contribution >= 0.6 is 15.9 Å². The molecule has 0 fully saturated rings. The lowest BCUT2D eigenvalue weighted by Crippen LogP contribution is -2.15. The normalized spacial score (nSPS) is 10.4. The molecular formula is C13H12BrNO. The van der Waals surface area contributed by atoms with Crippen molar-refractivity contribution in [2.75, 3.05) is 0 Å². The van der Waals surface area contributed by atoms with E-state index in [1.807, 2.05) is 24.4 Å². The average Bonchev–Trinajstić information content (AvgIpc) is 2.27. The van der Waals surface area contributed by atoms with Crippen LogP contribution in [0.5, 0.6) is 0 Å². The minimum atomic E-state index is 0.00341. The van der Waals surface area contributed by atoms with E-state index in [-0.39, 0.29) is 5.56 Å². The Hall–Kier alpha value is -1.35. The van der Waals surface area contributed by atoms with Gasteiger partial charge in [-0.2, -0.15) is 0 Å². The third-order valence-electron chi connectivity index (χ3n) is 2.49. The number of benzene rings is 1. The Balaban J connectivity index is 2.36. The van der Waals surface area contributed by atoms with Gasteiger partial charge in [0.2, 0.25) is 0 Å². The molecular weight excluding hydrogens is 266 g/mol. The first-order valence-corrected chi connectivity index (χ1v) is 5.85. The second kappa shape index (κ2) is 4.66. The molecule has 82 valence electrons. The van der Waals surface area contributed by atoms with Crippen molar-refractivity contribution in [3.63, 3.8) is 0 Å². The summed E-state index contributed by atoms with van der Waals surface area (Å²) in [5.74, 6) is 0. The number of hydrogen-bond donors (Lipinski definition) is 0. The molecule has 0 amide bonds. The summed E-state index contributed by atoms with van der Waals surface area (Å²) < 4.78 is 2.47. The highest BCUT2D eigenvalue weighted by atomic mass is 79.9. The summed E-state index contributed by atoms with van der Waals surface area (Å²) in [6.45, 7) is 0. The van der Waals surface area contributed by atoms with Crippen molar-refractivity contribution < 1.29 is 0 Å². The Morgan fingerprint density at radius 3 is 2.62 bits per heavy atom. The van der Waals surface area contributed by atoms with Gasteiger partial charge < -0.3 is 4.57 Å². The zero-order valence-corrected chi connectivity index (χ0v) is 10.6. The van der Waals surface area contributed by atoms with Crippen LogP contribution in [0.25, 0.3) is 0 Å². The number of nitrogens with zero attached hydrogens (tertiary/aromatic N) is 1. The third kappa shape index (κ3) is 2.42. The lowest BCUT2D eigenvalue weighted by Gasteiger charge is -2.06. The quantitative estimate of drug-likeness (QED) is 0.828. The highest BCUT2D eigenvalue weighted by Gasteiger charge is 2.03. The first-order valence-electron chi connectivity index (χ1n) is 5.06. The molecule has 2 aromatic rings. The van der Waals surface area contributed by atoms with E-state index in [1.54, 1.807) is 17.7 Å². The Morgan fingerprint density at radius 1 is 1.25 bits per heavy atom. The zero-order chi connectivity index (χ0) is 11.5. The van der Waals surface area contributed by atoms with E-state index in [1.165, 1.54) is 5.56 Å². The van der Waals surface area contributed by atoms with Crippen LogP contribution in [-0.2, 0) is 13.5 Å². The van der Waals surface area contributed by atoms with Crippen molar-refractivity contribution in [2.24, 2.45) is 7.05 Å². The molecule has 1 heterocycles. The second-order valence-corrected chi connectivity index (χ2v) is 4.61. The lowest BCUT2D eigenvalue weighted by atomic mass is 10.1. The number of halogens is 1. The minimum Gasteiger partial charge on any atom is -0.318 e. The Kier molecular flexibility index (Phi) is 3.25. The smallest absolute Gasteiger partial charge is 0.251 e. The molecule has 16 heavy (non-hydrogen) atoms. The van der Waals surface area contributed by atoms with Gasteiger partial charge in [0.15, 0.2) is 0 Å². The predicted molar refractivity (Wildman–Crippen MR) is 68.6 cm³/mol. The van der Waals surface area contributed by atoms with Crippen LogP contribution in [0.15, 0.2) is 51.9 Å². The van der Waals surface area contributed by atoms with E-state index >= 15 is 0 Å². The molecule has 0 N–H and O–H groups in total. The van der Waals surface area contributed by atoms with Gasteiger partial charge in [0, 0.05) is 23.8 Å². The molecule has 0 atom stereocenters. The molecule has 2 nitrogen and oxygen atoms in total. The number of hydrogen-bond acceptors (Lipinski definition) is 1. The molecule has 0 radical (unpaired) electrons. The molecule has 1 aromatic heterocycles. The molecule has 0 saturated carbocycles. The molecule has 1 aromatic carbocycles. The molecule has 0 aliphatic carbocycles. The lowest BCUT2D eigenvalue weighted by molar-refractivity contribution is 0.841. The van der Waals surface area contributed by atoms with Crippen molar-refractivity contribution >= 4 is 15.9 Å². The van der Waals surface area contributed by atoms with E-state index < -0.39 is 0 Å². The van der Waals surface area contributed by atoms with Crippen LogP contribution in [0, 0.1) is 0 Å². The van der Waals surface area contributed by atoms with Crippen molar-refractivity contribution in [3.05, 3.63) is 68.5 Å². The summed E-state index contributed by atoms with van der Waals surface area (Å²) in [5.41, 5.74) is 2.36. The summed E-state index contributed by atoms with van der Waals surface area (Å²) >= 11 is 3.43. The van der Waals surface area contributed by atoms with Gasteiger partial charge >= 0.3 is 0 Å². The summed E-state index contributed by atoms with van der Waals surface area (Å²) in [6, 6.07) is 11.8. The highest BCUT2D eigenvalue weighted by Crippen LogP contribution is 2.17. The van der Waals surface area contributed by atoms with E-state index in [0.29, 0.717) is 0 Å². The van der Waals surface area contributed by atoms with E-state index in [2.05, 4.69) is 28.1 Å². The Labute approximate surface area is 103 Å². The molecule has 0 aliphatic rings. The maximum absolute atomic E-state index is 11.4. The number of pyridine rings is 1. The molecule has 0 saturated heterocycles. The molecule has 0 unspecified atom stereocenters. The zero-order valence-electron chi connectivity index (χ0n) is 8.98. The summed E-state index contributed by atoms with van der Waals surface area (Å²) in [7, 11) is 1.77. The monoisotopic (exact) mass is 277 g/mol. The number of aromatic nitrogens is 1. The summed E-state index contributed by atoms with van der Waals surface area (Å²) in [5, 5.41) is 0. The molecule has 2 rings (SSSR count).